The van der Waals surface area contributed by atoms with Gasteiger partial charge in [0.25, 0.3) is 17.5 Å². The third kappa shape index (κ3) is 6.49. The maximum absolute atomic E-state index is 12.7. The van der Waals surface area contributed by atoms with E-state index >= 15 is 0 Å². The molecule has 2 amide bonds. The van der Waals surface area contributed by atoms with E-state index in [1.165, 1.54) is 37.3 Å². The Kier molecular flexibility index (Phi) is 7.48. The van der Waals surface area contributed by atoms with E-state index in [2.05, 4.69) is 10.6 Å². The molecule has 0 unspecified atom stereocenters. The summed E-state index contributed by atoms with van der Waals surface area (Å²) < 4.78 is 0. The van der Waals surface area contributed by atoms with E-state index in [1.807, 2.05) is 32.9 Å². The number of carboxylic acids is 1. The molecule has 168 valence electrons. The standard InChI is InChI=1S/C23H25N3O6/c1-14(22(29)30)24-21(28)19(13-15-6-5-7-18(12-15)26(31)32)25-20(27)16-8-10-17(11-9-16)23(2,3)4/h5-14H,1-4H3,(H,24,28)(H,25,27)(H,29,30)/b19-13-/t14-/m0/s1. The van der Waals surface area contributed by atoms with Gasteiger partial charge in [-0.15, -0.1) is 0 Å². The lowest BCUT2D eigenvalue weighted by Crippen LogP contribution is -2.42. The zero-order chi connectivity index (χ0) is 24.1. The second-order valence-corrected chi connectivity index (χ2v) is 8.22. The Hall–Kier alpha value is -4.01. The zero-order valence-corrected chi connectivity index (χ0v) is 18.2. The summed E-state index contributed by atoms with van der Waals surface area (Å²) in [5, 5.41) is 24.8. The first kappa shape index (κ1) is 24.3. The smallest absolute Gasteiger partial charge is 0.325 e. The second-order valence-electron chi connectivity index (χ2n) is 8.22. The number of nitrogens with one attached hydrogen (secondary N) is 2. The van der Waals surface area contributed by atoms with Crippen LogP contribution in [0.4, 0.5) is 5.69 Å². The highest BCUT2D eigenvalue weighted by molar-refractivity contribution is 6.06. The average Bonchev–Trinajstić information content (AvgIpc) is 2.72. The Labute approximate surface area is 185 Å². The lowest BCUT2D eigenvalue weighted by Gasteiger charge is -2.19. The van der Waals surface area contributed by atoms with E-state index in [1.54, 1.807) is 12.1 Å². The van der Waals surface area contributed by atoms with Crippen molar-refractivity contribution in [3.8, 4) is 0 Å². The van der Waals surface area contributed by atoms with E-state index in [-0.39, 0.29) is 22.4 Å². The predicted molar refractivity (Wildman–Crippen MR) is 119 cm³/mol. The Morgan fingerprint density at radius 2 is 1.72 bits per heavy atom. The molecule has 0 fully saturated rings. The van der Waals surface area contributed by atoms with Gasteiger partial charge in [0.15, 0.2) is 0 Å². The van der Waals surface area contributed by atoms with Crippen LogP contribution in [-0.4, -0.2) is 33.9 Å². The molecule has 0 spiro atoms. The normalized spacial score (nSPS) is 12.6. The fourth-order valence-corrected chi connectivity index (χ4v) is 2.71. The van der Waals surface area contributed by atoms with Crippen molar-refractivity contribution in [1.29, 1.82) is 0 Å². The van der Waals surface area contributed by atoms with Gasteiger partial charge in [-0.05, 0) is 41.7 Å². The first-order chi connectivity index (χ1) is 14.9. The van der Waals surface area contributed by atoms with Crippen LogP contribution in [0, 0.1) is 10.1 Å². The predicted octanol–water partition coefficient (Wildman–Crippen LogP) is 3.25. The van der Waals surface area contributed by atoms with Crippen LogP contribution < -0.4 is 10.6 Å². The molecule has 0 bridgehead atoms. The van der Waals surface area contributed by atoms with Gasteiger partial charge in [-0.3, -0.25) is 24.5 Å². The van der Waals surface area contributed by atoms with Crippen molar-refractivity contribution in [2.45, 2.75) is 39.2 Å². The minimum Gasteiger partial charge on any atom is -0.480 e. The van der Waals surface area contributed by atoms with Gasteiger partial charge in [0.05, 0.1) is 4.92 Å². The lowest BCUT2D eigenvalue weighted by atomic mass is 9.87. The Morgan fingerprint density at radius 3 is 2.25 bits per heavy atom. The maximum Gasteiger partial charge on any atom is 0.325 e. The largest absolute Gasteiger partial charge is 0.480 e. The van der Waals surface area contributed by atoms with Crippen LogP contribution in [0.15, 0.2) is 54.2 Å². The van der Waals surface area contributed by atoms with Crippen LogP contribution in [0.2, 0.25) is 0 Å². The SMILES string of the molecule is C[C@H](NC(=O)/C(=C/c1cccc([N+](=O)[O-])c1)NC(=O)c1ccc(C(C)(C)C)cc1)C(=O)O. The van der Waals surface area contributed by atoms with Crippen LogP contribution in [0.1, 0.15) is 49.2 Å². The number of carboxylic acid groups (broad SMARTS) is 1. The highest BCUT2D eigenvalue weighted by Crippen LogP contribution is 2.22. The van der Waals surface area contributed by atoms with Crippen LogP contribution in [0.3, 0.4) is 0 Å². The van der Waals surface area contributed by atoms with Crippen molar-refractivity contribution in [3.05, 3.63) is 81.0 Å². The lowest BCUT2D eigenvalue weighted by molar-refractivity contribution is -0.384. The number of nitro benzene ring substituents is 1. The molecule has 0 saturated heterocycles. The number of carbonyl (C=O) groups is 3. The van der Waals surface area contributed by atoms with Crippen molar-refractivity contribution in [2.24, 2.45) is 0 Å². The molecule has 1 atom stereocenters. The molecule has 0 radical (unpaired) electrons. The fraction of sp³-hybridized carbons (Fsp3) is 0.261. The summed E-state index contributed by atoms with van der Waals surface area (Å²) in [6.07, 6.45) is 1.25. The van der Waals surface area contributed by atoms with Gasteiger partial charge in [-0.1, -0.05) is 45.0 Å². The minimum atomic E-state index is -1.25. The molecule has 0 aliphatic heterocycles. The molecule has 3 N–H and O–H groups in total. The van der Waals surface area contributed by atoms with Crippen molar-refractivity contribution in [1.82, 2.24) is 10.6 Å². The van der Waals surface area contributed by atoms with Gasteiger partial charge < -0.3 is 15.7 Å². The number of hydrogen-bond acceptors (Lipinski definition) is 5. The molecule has 2 rings (SSSR count). The van der Waals surface area contributed by atoms with Gasteiger partial charge in [-0.2, -0.15) is 0 Å². The molecule has 0 aliphatic rings. The van der Waals surface area contributed by atoms with Gasteiger partial charge in [0, 0.05) is 17.7 Å². The molecule has 2 aromatic carbocycles. The summed E-state index contributed by atoms with van der Waals surface area (Å²) in [5.74, 6) is -2.68. The molecule has 0 saturated carbocycles. The topological polar surface area (TPSA) is 139 Å². The maximum atomic E-state index is 12.7. The summed E-state index contributed by atoms with van der Waals surface area (Å²) in [7, 11) is 0. The number of hydrogen-bond donors (Lipinski definition) is 3. The third-order valence-corrected chi connectivity index (χ3v) is 4.62. The highest BCUT2D eigenvalue weighted by atomic mass is 16.6. The van der Waals surface area contributed by atoms with Crippen LogP contribution in [-0.2, 0) is 15.0 Å². The zero-order valence-electron chi connectivity index (χ0n) is 18.2. The van der Waals surface area contributed by atoms with Crippen molar-refractivity contribution >= 4 is 29.5 Å². The number of amides is 2. The minimum absolute atomic E-state index is 0.102. The van der Waals surface area contributed by atoms with Gasteiger partial charge in [-0.25, -0.2) is 0 Å². The quantitative estimate of drug-likeness (QED) is 0.344. The Bertz CT molecular complexity index is 1070. The van der Waals surface area contributed by atoms with E-state index in [0.29, 0.717) is 5.56 Å². The number of nitrogens with zero attached hydrogens (tertiary/aromatic N) is 1. The molecule has 2 aromatic rings. The Morgan fingerprint density at radius 1 is 1.09 bits per heavy atom. The van der Waals surface area contributed by atoms with Crippen LogP contribution >= 0.6 is 0 Å². The number of aliphatic carboxylic acids is 1. The monoisotopic (exact) mass is 439 g/mol. The summed E-state index contributed by atoms with van der Waals surface area (Å²) in [4.78, 5) is 46.9. The van der Waals surface area contributed by atoms with E-state index < -0.39 is 28.7 Å². The molecular weight excluding hydrogens is 414 g/mol. The van der Waals surface area contributed by atoms with Crippen molar-refractivity contribution < 1.29 is 24.4 Å². The number of rotatable bonds is 7. The van der Waals surface area contributed by atoms with E-state index in [0.717, 1.165) is 5.56 Å². The molecule has 32 heavy (non-hydrogen) atoms. The molecule has 0 heterocycles. The van der Waals surface area contributed by atoms with Crippen LogP contribution in [0.5, 0.6) is 0 Å². The van der Waals surface area contributed by atoms with Crippen molar-refractivity contribution in [3.63, 3.8) is 0 Å². The fourth-order valence-electron chi connectivity index (χ4n) is 2.71. The average molecular weight is 439 g/mol. The number of non-ortho nitro benzene ring substituents is 1. The van der Waals surface area contributed by atoms with Gasteiger partial charge in [0.2, 0.25) is 0 Å². The molecule has 9 heteroatoms. The number of benzene rings is 2. The van der Waals surface area contributed by atoms with Gasteiger partial charge >= 0.3 is 5.97 Å². The van der Waals surface area contributed by atoms with E-state index in [4.69, 9.17) is 5.11 Å². The number of nitro groups is 1. The first-order valence-corrected chi connectivity index (χ1v) is 9.80. The number of carbonyl (C=O) groups excluding carboxylic acids is 2. The first-order valence-electron chi connectivity index (χ1n) is 9.80. The Balaban J connectivity index is 2.36. The molecular formula is C23H25N3O6. The summed E-state index contributed by atoms with van der Waals surface area (Å²) in [6, 6.07) is 11.1. The third-order valence-electron chi connectivity index (χ3n) is 4.62. The van der Waals surface area contributed by atoms with Crippen molar-refractivity contribution in [2.75, 3.05) is 0 Å². The van der Waals surface area contributed by atoms with E-state index in [9.17, 15) is 24.5 Å². The molecule has 9 nitrogen and oxygen atoms in total. The molecule has 0 aliphatic carbocycles. The summed E-state index contributed by atoms with van der Waals surface area (Å²) in [6.45, 7) is 7.39. The summed E-state index contributed by atoms with van der Waals surface area (Å²) in [5.41, 5.74) is 1.06. The highest BCUT2D eigenvalue weighted by Gasteiger charge is 2.20. The van der Waals surface area contributed by atoms with Crippen LogP contribution in [0.25, 0.3) is 6.08 Å². The summed E-state index contributed by atoms with van der Waals surface area (Å²) >= 11 is 0. The molecule has 0 aromatic heterocycles. The second kappa shape index (κ2) is 9.86. The van der Waals surface area contributed by atoms with Gasteiger partial charge in [0.1, 0.15) is 11.7 Å².